The minimum Gasteiger partial charge on any atom is -0.392 e. The third-order valence-electron chi connectivity index (χ3n) is 2.36. The maximum absolute atomic E-state index is 9.87. The second kappa shape index (κ2) is 4.59. The largest absolute Gasteiger partial charge is 0.392 e. The lowest BCUT2D eigenvalue weighted by Crippen LogP contribution is -2.15. The molecule has 0 radical (unpaired) electrons. The van der Waals surface area contributed by atoms with E-state index in [1.54, 1.807) is 17.5 Å². The molecule has 3 nitrogen and oxygen atoms in total. The number of rotatable bonds is 4. The van der Waals surface area contributed by atoms with E-state index >= 15 is 0 Å². The van der Waals surface area contributed by atoms with Gasteiger partial charge in [-0.2, -0.15) is 0 Å². The highest BCUT2D eigenvalue weighted by Crippen LogP contribution is 2.13. The van der Waals surface area contributed by atoms with Crippen LogP contribution in [0.25, 0.3) is 0 Å². The number of hydrogen-bond donors (Lipinski definition) is 1. The van der Waals surface area contributed by atoms with Gasteiger partial charge < -0.3 is 9.67 Å². The van der Waals surface area contributed by atoms with Crippen LogP contribution in [0.4, 0.5) is 0 Å². The maximum atomic E-state index is 9.87. The van der Waals surface area contributed by atoms with E-state index < -0.39 is 0 Å². The highest BCUT2D eigenvalue weighted by atomic mass is 32.1. The van der Waals surface area contributed by atoms with Crippen molar-refractivity contribution in [3.63, 3.8) is 0 Å². The normalized spacial score (nSPS) is 12.9. The van der Waals surface area contributed by atoms with Crippen LogP contribution in [0.5, 0.6) is 0 Å². The lowest BCUT2D eigenvalue weighted by Gasteiger charge is -2.08. The minimum atomic E-state index is -0.343. The summed E-state index contributed by atoms with van der Waals surface area (Å²) in [5, 5.41) is 11.9. The summed E-state index contributed by atoms with van der Waals surface area (Å²) in [7, 11) is 1.94. The fourth-order valence-electron chi connectivity index (χ4n) is 1.54. The van der Waals surface area contributed by atoms with E-state index in [0.717, 1.165) is 5.82 Å². The highest BCUT2D eigenvalue weighted by molar-refractivity contribution is 7.09. The summed E-state index contributed by atoms with van der Waals surface area (Å²) in [6, 6.07) is 4.06. The van der Waals surface area contributed by atoms with Crippen molar-refractivity contribution in [3.05, 3.63) is 40.6 Å². The van der Waals surface area contributed by atoms with Gasteiger partial charge in [0.1, 0.15) is 5.82 Å². The smallest absolute Gasteiger partial charge is 0.110 e. The molecule has 0 aromatic carbocycles. The van der Waals surface area contributed by atoms with Crippen molar-refractivity contribution in [2.45, 2.75) is 18.9 Å². The molecule has 2 aromatic rings. The van der Waals surface area contributed by atoms with E-state index in [9.17, 15) is 5.11 Å². The fraction of sp³-hybridized carbons (Fsp3) is 0.364. The van der Waals surface area contributed by atoms with Gasteiger partial charge in [0, 0.05) is 37.2 Å². The Balaban J connectivity index is 1.93. The number of aliphatic hydroxyl groups is 1. The third kappa shape index (κ3) is 2.67. The monoisotopic (exact) mass is 222 g/mol. The van der Waals surface area contributed by atoms with E-state index in [4.69, 9.17) is 0 Å². The van der Waals surface area contributed by atoms with Gasteiger partial charge in [-0.1, -0.05) is 6.07 Å². The Morgan fingerprint density at radius 2 is 2.40 bits per heavy atom. The van der Waals surface area contributed by atoms with Gasteiger partial charge in [-0.15, -0.1) is 11.3 Å². The number of aliphatic hydroxyl groups excluding tert-OH is 1. The standard InChI is InChI=1S/C11H14N2OS/c1-13-5-4-12-11(13)8-9(14)7-10-3-2-6-15-10/h2-6,9,14H,7-8H2,1H3. The molecule has 0 fully saturated rings. The van der Waals surface area contributed by atoms with Crippen molar-refractivity contribution >= 4 is 11.3 Å². The van der Waals surface area contributed by atoms with E-state index in [1.807, 2.05) is 35.3 Å². The molecule has 0 saturated carbocycles. The van der Waals surface area contributed by atoms with Crippen molar-refractivity contribution in [3.8, 4) is 0 Å². The molecule has 0 aliphatic rings. The van der Waals surface area contributed by atoms with Gasteiger partial charge in [0.25, 0.3) is 0 Å². The second-order valence-corrected chi connectivity index (χ2v) is 4.63. The summed E-state index contributed by atoms with van der Waals surface area (Å²) in [5.74, 6) is 0.930. The maximum Gasteiger partial charge on any atom is 0.110 e. The van der Waals surface area contributed by atoms with Gasteiger partial charge in [-0.25, -0.2) is 4.98 Å². The zero-order valence-corrected chi connectivity index (χ0v) is 9.44. The third-order valence-corrected chi connectivity index (χ3v) is 3.25. The van der Waals surface area contributed by atoms with Gasteiger partial charge in [-0.05, 0) is 11.4 Å². The lowest BCUT2D eigenvalue weighted by molar-refractivity contribution is 0.173. The van der Waals surface area contributed by atoms with Crippen LogP contribution in [0, 0.1) is 0 Å². The SMILES string of the molecule is Cn1ccnc1CC(O)Cc1cccs1. The molecule has 2 rings (SSSR count). The van der Waals surface area contributed by atoms with Crippen LogP contribution in [0.15, 0.2) is 29.9 Å². The van der Waals surface area contributed by atoms with Gasteiger partial charge >= 0.3 is 0 Å². The Bertz CT molecular complexity index is 408. The first kappa shape index (κ1) is 10.4. The molecule has 2 aromatic heterocycles. The first-order valence-corrected chi connectivity index (χ1v) is 5.80. The Morgan fingerprint density at radius 3 is 3.00 bits per heavy atom. The summed E-state index contributed by atoms with van der Waals surface area (Å²) in [5.41, 5.74) is 0. The van der Waals surface area contributed by atoms with Gasteiger partial charge in [-0.3, -0.25) is 0 Å². The van der Waals surface area contributed by atoms with Crippen LogP contribution in [0.3, 0.4) is 0 Å². The number of aromatic nitrogens is 2. The predicted molar refractivity (Wildman–Crippen MR) is 60.9 cm³/mol. The Labute approximate surface area is 93.0 Å². The van der Waals surface area contributed by atoms with Gasteiger partial charge in [0.15, 0.2) is 0 Å². The molecule has 0 saturated heterocycles. The van der Waals surface area contributed by atoms with Crippen LogP contribution in [0.2, 0.25) is 0 Å². The molecule has 0 spiro atoms. The number of aryl methyl sites for hydroxylation is 1. The number of hydrogen-bond acceptors (Lipinski definition) is 3. The lowest BCUT2D eigenvalue weighted by atomic mass is 10.1. The van der Waals surface area contributed by atoms with Crippen LogP contribution in [0.1, 0.15) is 10.7 Å². The summed E-state index contributed by atoms with van der Waals surface area (Å²) < 4.78 is 1.94. The molecule has 0 amide bonds. The molecule has 1 atom stereocenters. The molecule has 0 aliphatic heterocycles. The van der Waals surface area contributed by atoms with E-state index in [1.165, 1.54) is 4.88 Å². The fourth-order valence-corrected chi connectivity index (χ4v) is 2.31. The number of thiophene rings is 1. The van der Waals surface area contributed by atoms with Crippen LogP contribution < -0.4 is 0 Å². The van der Waals surface area contributed by atoms with E-state index in [2.05, 4.69) is 4.98 Å². The molecule has 1 N–H and O–H groups in total. The molecular weight excluding hydrogens is 208 g/mol. The highest BCUT2D eigenvalue weighted by Gasteiger charge is 2.10. The van der Waals surface area contributed by atoms with Crippen LogP contribution >= 0.6 is 11.3 Å². The van der Waals surface area contributed by atoms with Gasteiger partial charge in [0.2, 0.25) is 0 Å². The Morgan fingerprint density at radius 1 is 1.53 bits per heavy atom. The summed E-state index contributed by atoms with van der Waals surface area (Å²) in [6.07, 6.45) is 4.64. The number of nitrogens with zero attached hydrogens (tertiary/aromatic N) is 2. The number of imidazole rings is 1. The quantitative estimate of drug-likeness (QED) is 0.853. The average molecular weight is 222 g/mol. The molecule has 0 bridgehead atoms. The van der Waals surface area contributed by atoms with Crippen molar-refractivity contribution in [2.75, 3.05) is 0 Å². The molecule has 80 valence electrons. The van der Waals surface area contributed by atoms with Crippen molar-refractivity contribution in [1.82, 2.24) is 9.55 Å². The topological polar surface area (TPSA) is 38.0 Å². The first-order chi connectivity index (χ1) is 7.25. The molecule has 2 heterocycles. The summed E-state index contributed by atoms with van der Waals surface area (Å²) >= 11 is 1.68. The minimum absolute atomic E-state index is 0.343. The van der Waals surface area contributed by atoms with E-state index in [-0.39, 0.29) is 6.10 Å². The molecule has 4 heteroatoms. The van der Waals surface area contributed by atoms with E-state index in [0.29, 0.717) is 12.8 Å². The second-order valence-electron chi connectivity index (χ2n) is 3.60. The summed E-state index contributed by atoms with van der Waals surface area (Å²) in [6.45, 7) is 0. The predicted octanol–water partition coefficient (Wildman–Crippen LogP) is 1.63. The van der Waals surface area contributed by atoms with Crippen molar-refractivity contribution < 1.29 is 5.11 Å². The van der Waals surface area contributed by atoms with Crippen molar-refractivity contribution in [2.24, 2.45) is 7.05 Å². The first-order valence-electron chi connectivity index (χ1n) is 4.92. The zero-order valence-electron chi connectivity index (χ0n) is 8.63. The molecule has 1 unspecified atom stereocenters. The zero-order chi connectivity index (χ0) is 10.7. The summed E-state index contributed by atoms with van der Waals surface area (Å²) in [4.78, 5) is 5.41. The average Bonchev–Trinajstić information content (AvgIpc) is 2.79. The van der Waals surface area contributed by atoms with Crippen LogP contribution in [-0.4, -0.2) is 20.8 Å². The van der Waals surface area contributed by atoms with Crippen molar-refractivity contribution in [1.29, 1.82) is 0 Å². The van der Waals surface area contributed by atoms with Gasteiger partial charge in [0.05, 0.1) is 6.10 Å². The molecule has 15 heavy (non-hydrogen) atoms. The Kier molecular flexibility index (Phi) is 3.18. The molecular formula is C11H14N2OS. The Hall–Kier alpha value is -1.13. The van der Waals surface area contributed by atoms with Crippen LogP contribution in [-0.2, 0) is 19.9 Å². The molecule has 0 aliphatic carbocycles.